The number of nitrogens with one attached hydrogen (secondary N) is 2. The number of nitrogens with zero attached hydrogens (tertiary/aromatic N) is 1. The molecule has 0 bridgehead atoms. The molecule has 1 aliphatic heterocycles. The fourth-order valence-electron chi connectivity index (χ4n) is 5.10. The molecule has 7 heteroatoms. The zero-order valence-corrected chi connectivity index (χ0v) is 19.3. The van der Waals surface area contributed by atoms with Crippen molar-refractivity contribution in [2.75, 3.05) is 5.32 Å². The van der Waals surface area contributed by atoms with Crippen LogP contribution in [0.2, 0.25) is 5.02 Å². The molecule has 34 heavy (non-hydrogen) atoms. The maximum Gasteiger partial charge on any atom is 0.269 e. The van der Waals surface area contributed by atoms with Gasteiger partial charge in [0.25, 0.3) is 11.6 Å². The van der Waals surface area contributed by atoms with Crippen LogP contribution in [0.15, 0.2) is 78.9 Å². The normalized spacial score (nSPS) is 21.2. The number of non-ortho nitro benzene ring substituents is 1. The molecular formula is C27H24ClN3O3. The summed E-state index contributed by atoms with van der Waals surface area (Å²) in [6.07, 6.45) is 5.12. The van der Waals surface area contributed by atoms with E-state index < -0.39 is 4.92 Å². The number of rotatable bonds is 5. The summed E-state index contributed by atoms with van der Waals surface area (Å²) in [6.45, 7) is 1.96. The highest BCUT2D eigenvalue weighted by Gasteiger charge is 2.40. The number of halogens is 1. The maximum absolute atomic E-state index is 13.4. The van der Waals surface area contributed by atoms with E-state index in [1.807, 2.05) is 55.5 Å². The molecule has 5 rings (SSSR count). The SMILES string of the molecule is CC(NC(=O)c1cccc2c1NC(c1cc([N+](=O)[O-])ccc1Cl)C1CC=CC21)c1ccccc1. The molecule has 3 aromatic rings. The Bertz CT molecular complexity index is 1290. The molecule has 172 valence electrons. The van der Waals surface area contributed by atoms with Crippen LogP contribution in [0.3, 0.4) is 0 Å². The second-order valence-electron chi connectivity index (χ2n) is 8.81. The van der Waals surface area contributed by atoms with Crippen LogP contribution in [0.25, 0.3) is 0 Å². The first-order valence-corrected chi connectivity index (χ1v) is 11.7. The van der Waals surface area contributed by atoms with Crippen LogP contribution >= 0.6 is 11.6 Å². The lowest BCUT2D eigenvalue weighted by Gasteiger charge is -2.38. The molecule has 1 amide bonds. The van der Waals surface area contributed by atoms with Crippen LogP contribution in [0.4, 0.5) is 11.4 Å². The lowest BCUT2D eigenvalue weighted by atomic mass is 9.76. The molecule has 0 radical (unpaired) electrons. The molecular weight excluding hydrogens is 450 g/mol. The molecule has 4 atom stereocenters. The number of para-hydroxylation sites is 1. The molecule has 6 nitrogen and oxygen atoms in total. The molecule has 0 saturated heterocycles. The van der Waals surface area contributed by atoms with Crippen molar-refractivity contribution in [3.05, 3.63) is 116 Å². The van der Waals surface area contributed by atoms with Gasteiger partial charge in [0.1, 0.15) is 0 Å². The Morgan fingerprint density at radius 3 is 2.68 bits per heavy atom. The second kappa shape index (κ2) is 8.95. The van der Waals surface area contributed by atoms with Gasteiger partial charge in [0.2, 0.25) is 0 Å². The van der Waals surface area contributed by atoms with Crippen LogP contribution in [-0.2, 0) is 0 Å². The number of anilines is 1. The van der Waals surface area contributed by atoms with Crippen molar-refractivity contribution in [3.63, 3.8) is 0 Å². The number of nitro benzene ring substituents is 1. The number of hydrogen-bond acceptors (Lipinski definition) is 4. The Balaban J connectivity index is 1.52. The molecule has 1 aliphatic carbocycles. The summed E-state index contributed by atoms with van der Waals surface area (Å²) in [4.78, 5) is 24.4. The van der Waals surface area contributed by atoms with E-state index in [4.69, 9.17) is 11.6 Å². The Morgan fingerprint density at radius 1 is 1.12 bits per heavy atom. The largest absolute Gasteiger partial charge is 0.377 e. The summed E-state index contributed by atoms with van der Waals surface area (Å²) in [7, 11) is 0. The van der Waals surface area contributed by atoms with Gasteiger partial charge in [-0.2, -0.15) is 0 Å². The molecule has 4 unspecified atom stereocenters. The van der Waals surface area contributed by atoms with Gasteiger partial charge in [0.05, 0.1) is 28.3 Å². The van der Waals surface area contributed by atoms with Gasteiger partial charge in [-0.1, -0.05) is 66.2 Å². The van der Waals surface area contributed by atoms with Gasteiger partial charge in [-0.3, -0.25) is 14.9 Å². The average Bonchev–Trinajstić information content (AvgIpc) is 3.34. The zero-order valence-electron chi connectivity index (χ0n) is 18.6. The molecule has 2 aliphatic rings. The minimum Gasteiger partial charge on any atom is -0.377 e. The summed E-state index contributed by atoms with van der Waals surface area (Å²) in [6, 6.07) is 19.7. The quantitative estimate of drug-likeness (QED) is 0.249. The Hall–Kier alpha value is -3.64. The summed E-state index contributed by atoms with van der Waals surface area (Å²) in [5.74, 6) is 0.0643. The van der Waals surface area contributed by atoms with Gasteiger partial charge in [0, 0.05) is 28.6 Å². The first-order valence-electron chi connectivity index (χ1n) is 11.3. The minimum atomic E-state index is -0.412. The van der Waals surface area contributed by atoms with Gasteiger partial charge < -0.3 is 10.6 Å². The van der Waals surface area contributed by atoms with Crippen molar-refractivity contribution in [3.8, 4) is 0 Å². The third kappa shape index (κ3) is 3.94. The fraction of sp³-hybridized carbons (Fsp3) is 0.222. The van der Waals surface area contributed by atoms with Crippen molar-refractivity contribution >= 4 is 28.9 Å². The van der Waals surface area contributed by atoms with Gasteiger partial charge in [-0.15, -0.1) is 0 Å². The summed E-state index contributed by atoms with van der Waals surface area (Å²) in [5.41, 5.74) is 4.04. The molecule has 3 aromatic carbocycles. The monoisotopic (exact) mass is 473 g/mol. The number of carbonyl (C=O) groups excluding carboxylic acids is 1. The highest BCUT2D eigenvalue weighted by atomic mass is 35.5. The van der Waals surface area contributed by atoms with E-state index in [-0.39, 0.29) is 35.5 Å². The third-order valence-corrected chi connectivity index (χ3v) is 7.16. The third-order valence-electron chi connectivity index (χ3n) is 6.81. The van der Waals surface area contributed by atoms with Crippen molar-refractivity contribution in [1.82, 2.24) is 5.32 Å². The Labute approximate surface area is 202 Å². The van der Waals surface area contributed by atoms with Gasteiger partial charge in [-0.05, 0) is 42.5 Å². The molecule has 1 heterocycles. The van der Waals surface area contributed by atoms with Crippen molar-refractivity contribution in [2.45, 2.75) is 31.3 Å². The standard InChI is InChI=1S/C27H24ClN3O3/c1-16(17-7-3-2-4-8-17)29-27(32)22-12-6-11-20-19-9-5-10-21(19)26(30-25(20)22)23-15-18(31(33)34)13-14-24(23)28/h2-9,11-16,19,21,26,30H,10H2,1H3,(H,29,32). The number of allylic oxidation sites excluding steroid dienone is 2. The first-order chi connectivity index (χ1) is 16.4. The Kier molecular flexibility index (Phi) is 5.84. The lowest BCUT2D eigenvalue weighted by molar-refractivity contribution is -0.384. The van der Waals surface area contributed by atoms with Crippen LogP contribution in [0.1, 0.15) is 58.4 Å². The van der Waals surface area contributed by atoms with Gasteiger partial charge >= 0.3 is 0 Å². The van der Waals surface area contributed by atoms with E-state index in [1.54, 1.807) is 12.1 Å². The zero-order chi connectivity index (χ0) is 23.8. The van der Waals surface area contributed by atoms with E-state index in [2.05, 4.69) is 22.8 Å². The smallest absolute Gasteiger partial charge is 0.269 e. The molecule has 0 saturated carbocycles. The highest BCUT2D eigenvalue weighted by Crippen LogP contribution is 2.51. The number of carbonyl (C=O) groups is 1. The van der Waals surface area contributed by atoms with E-state index in [0.717, 1.165) is 23.2 Å². The van der Waals surface area contributed by atoms with Crippen LogP contribution < -0.4 is 10.6 Å². The number of amides is 1. The molecule has 0 fully saturated rings. The topological polar surface area (TPSA) is 84.3 Å². The summed E-state index contributed by atoms with van der Waals surface area (Å²) >= 11 is 6.53. The molecule has 0 aromatic heterocycles. The summed E-state index contributed by atoms with van der Waals surface area (Å²) < 4.78 is 0. The van der Waals surface area contributed by atoms with Crippen molar-refractivity contribution < 1.29 is 9.72 Å². The van der Waals surface area contributed by atoms with E-state index in [0.29, 0.717) is 16.1 Å². The lowest BCUT2D eigenvalue weighted by Crippen LogP contribution is -2.33. The van der Waals surface area contributed by atoms with Crippen LogP contribution in [0, 0.1) is 16.0 Å². The summed E-state index contributed by atoms with van der Waals surface area (Å²) in [5, 5.41) is 18.5. The first kappa shape index (κ1) is 22.2. The van der Waals surface area contributed by atoms with E-state index in [9.17, 15) is 14.9 Å². The Morgan fingerprint density at radius 2 is 1.91 bits per heavy atom. The van der Waals surface area contributed by atoms with Gasteiger partial charge in [0.15, 0.2) is 0 Å². The minimum absolute atomic E-state index is 0.00258. The molecule has 2 N–H and O–H groups in total. The number of fused-ring (bicyclic) bond motifs is 3. The van der Waals surface area contributed by atoms with E-state index in [1.165, 1.54) is 6.07 Å². The number of benzene rings is 3. The van der Waals surface area contributed by atoms with Crippen LogP contribution in [0.5, 0.6) is 0 Å². The number of hydrogen-bond donors (Lipinski definition) is 2. The fourth-order valence-corrected chi connectivity index (χ4v) is 5.34. The van der Waals surface area contributed by atoms with E-state index >= 15 is 0 Å². The maximum atomic E-state index is 13.4. The second-order valence-corrected chi connectivity index (χ2v) is 9.22. The number of nitro groups is 1. The predicted octanol–water partition coefficient (Wildman–Crippen LogP) is 6.57. The van der Waals surface area contributed by atoms with Crippen LogP contribution in [-0.4, -0.2) is 10.8 Å². The highest BCUT2D eigenvalue weighted by molar-refractivity contribution is 6.31. The average molecular weight is 474 g/mol. The van der Waals surface area contributed by atoms with Gasteiger partial charge in [-0.25, -0.2) is 0 Å². The predicted molar refractivity (Wildman–Crippen MR) is 133 cm³/mol. The molecule has 0 spiro atoms. The van der Waals surface area contributed by atoms with Crippen molar-refractivity contribution in [2.24, 2.45) is 5.92 Å². The van der Waals surface area contributed by atoms with Crippen molar-refractivity contribution in [1.29, 1.82) is 0 Å².